The predicted octanol–water partition coefficient (Wildman–Crippen LogP) is -4.45. The molecule has 0 radical (unpaired) electrons. The van der Waals surface area contributed by atoms with Crippen molar-refractivity contribution in [1.29, 1.82) is 0 Å². The van der Waals surface area contributed by atoms with E-state index in [-0.39, 0.29) is 46.2 Å². The van der Waals surface area contributed by atoms with Crippen molar-refractivity contribution in [3.8, 4) is 5.88 Å². The Morgan fingerprint density at radius 3 is 2.32 bits per heavy atom. The molecule has 0 aliphatic heterocycles. The van der Waals surface area contributed by atoms with Gasteiger partial charge in [0.1, 0.15) is 5.56 Å². The molecule has 0 aliphatic rings. The third kappa shape index (κ3) is 3.80. The zero-order chi connectivity index (χ0) is 14.2. The fourth-order valence-corrected chi connectivity index (χ4v) is 2.28. The number of carbonyl (C=O) groups excluding carboxylic acids is 1. The van der Waals surface area contributed by atoms with Crippen LogP contribution in [0, 0.1) is 6.92 Å². The molecule has 1 rings (SSSR count). The molecule has 3 N–H and O–H groups in total. The number of primary amides is 1. The van der Waals surface area contributed by atoms with Crippen LogP contribution in [0.25, 0.3) is 0 Å². The molecule has 1 aromatic rings. The van der Waals surface area contributed by atoms with E-state index in [4.69, 9.17) is 5.73 Å². The zero-order valence-electron chi connectivity index (χ0n) is 10.6. The first-order chi connectivity index (χ1) is 8.06. The maximum Gasteiger partial charge on any atom is 1.00 e. The quantitative estimate of drug-likeness (QED) is 0.425. The number of hydrogen-bond donors (Lipinski definition) is 2. The number of aromatic nitrogens is 1. The molecule has 0 saturated heterocycles. The van der Waals surface area contributed by atoms with Crippen molar-refractivity contribution in [1.82, 2.24) is 4.57 Å². The first kappa shape index (κ1) is 18.1. The number of aromatic hydroxyl groups is 1. The second-order valence-electron chi connectivity index (χ2n) is 3.73. The van der Waals surface area contributed by atoms with Crippen LogP contribution in [0.15, 0.2) is 4.79 Å². The Hall–Kier alpha value is -0.870. The van der Waals surface area contributed by atoms with Crippen molar-refractivity contribution in [2.24, 2.45) is 12.8 Å². The van der Waals surface area contributed by atoms with Crippen LogP contribution in [0.2, 0.25) is 0 Å². The van der Waals surface area contributed by atoms with Gasteiger partial charge >= 0.3 is 29.6 Å². The van der Waals surface area contributed by atoms with E-state index in [1.165, 1.54) is 6.92 Å². The number of amides is 1. The van der Waals surface area contributed by atoms with Gasteiger partial charge in [0.15, 0.2) is 0 Å². The minimum absolute atomic E-state index is 0. The van der Waals surface area contributed by atoms with E-state index in [1.807, 2.05) is 0 Å². The molecule has 10 heteroatoms. The summed E-state index contributed by atoms with van der Waals surface area (Å²) >= 11 is 0. The van der Waals surface area contributed by atoms with Gasteiger partial charge in [0.25, 0.3) is 11.5 Å². The zero-order valence-corrected chi connectivity index (χ0v) is 13.4. The van der Waals surface area contributed by atoms with Crippen LogP contribution >= 0.6 is 0 Å². The molecule has 8 nitrogen and oxygen atoms in total. The Morgan fingerprint density at radius 2 is 1.95 bits per heavy atom. The van der Waals surface area contributed by atoms with Crippen molar-refractivity contribution in [2.45, 2.75) is 12.7 Å². The molecule has 0 spiro atoms. The van der Waals surface area contributed by atoms with Gasteiger partial charge in [0, 0.05) is 12.6 Å². The predicted molar refractivity (Wildman–Crippen MR) is 60.0 cm³/mol. The van der Waals surface area contributed by atoms with Gasteiger partial charge in [-0.1, -0.05) is 0 Å². The van der Waals surface area contributed by atoms with E-state index in [0.717, 1.165) is 7.05 Å². The molecule has 0 aromatic carbocycles. The van der Waals surface area contributed by atoms with Crippen LogP contribution in [0.3, 0.4) is 0 Å². The molecule has 0 aliphatic carbocycles. The molecule has 1 amide bonds. The van der Waals surface area contributed by atoms with Gasteiger partial charge in [0.2, 0.25) is 5.88 Å². The number of pyridine rings is 1. The van der Waals surface area contributed by atoms with Gasteiger partial charge in [-0.05, 0) is 12.5 Å². The summed E-state index contributed by atoms with van der Waals surface area (Å²) < 4.78 is 32.8. The average molecular weight is 298 g/mol. The van der Waals surface area contributed by atoms with Crippen LogP contribution in [0.1, 0.15) is 21.5 Å². The molecular formula is C9H11N2NaO6S. The molecule has 1 aromatic heterocycles. The molecule has 0 fully saturated rings. The monoisotopic (exact) mass is 298 g/mol. The molecular weight excluding hydrogens is 287 g/mol. The van der Waals surface area contributed by atoms with Crippen molar-refractivity contribution in [2.75, 3.05) is 0 Å². The summed E-state index contributed by atoms with van der Waals surface area (Å²) in [5, 5.41) is 9.59. The smallest absolute Gasteiger partial charge is 0.748 e. The number of nitrogens with zero attached hydrogens (tertiary/aromatic N) is 1. The van der Waals surface area contributed by atoms with Crippen LogP contribution in [0.5, 0.6) is 5.88 Å². The van der Waals surface area contributed by atoms with Crippen molar-refractivity contribution in [3.63, 3.8) is 0 Å². The minimum Gasteiger partial charge on any atom is -0.748 e. The van der Waals surface area contributed by atoms with E-state index in [9.17, 15) is 27.7 Å². The maximum atomic E-state index is 11.7. The van der Waals surface area contributed by atoms with Gasteiger partial charge in [-0.25, -0.2) is 8.42 Å². The number of nitrogens with two attached hydrogens (primary N) is 1. The van der Waals surface area contributed by atoms with Gasteiger partial charge in [-0.3, -0.25) is 14.2 Å². The van der Waals surface area contributed by atoms with E-state index in [0.29, 0.717) is 4.57 Å². The van der Waals surface area contributed by atoms with Gasteiger partial charge in [0.05, 0.1) is 15.9 Å². The molecule has 19 heavy (non-hydrogen) atoms. The average Bonchev–Trinajstić information content (AvgIpc) is 2.20. The summed E-state index contributed by atoms with van der Waals surface area (Å²) in [6, 6.07) is 0. The van der Waals surface area contributed by atoms with Crippen molar-refractivity contribution < 1.29 is 52.4 Å². The summed E-state index contributed by atoms with van der Waals surface area (Å²) in [7, 11) is -3.56. The Labute approximate surface area is 131 Å². The van der Waals surface area contributed by atoms with Crippen LogP contribution in [-0.4, -0.2) is 28.6 Å². The van der Waals surface area contributed by atoms with Crippen LogP contribution < -0.4 is 40.9 Å². The summed E-state index contributed by atoms with van der Waals surface area (Å²) in [6.45, 7) is 1.24. The first-order valence-electron chi connectivity index (χ1n) is 4.71. The number of hydrogen-bond acceptors (Lipinski definition) is 6. The molecule has 0 saturated carbocycles. The van der Waals surface area contributed by atoms with E-state index < -0.39 is 33.2 Å². The molecule has 100 valence electrons. The standard InChI is InChI=1S/C9H12N2O6S.Na/c1-4-5(3-18(15,16)17)8(13)11(2)9(14)6(4)7(10)12;/h14H,3H2,1-2H3,(H2,10,12)(H,15,16,17);/q;+1/p-1. The molecule has 1 heterocycles. The van der Waals surface area contributed by atoms with Crippen LogP contribution in [0.4, 0.5) is 0 Å². The van der Waals surface area contributed by atoms with E-state index in [1.54, 1.807) is 0 Å². The van der Waals surface area contributed by atoms with Crippen LogP contribution in [-0.2, 0) is 22.9 Å². The Morgan fingerprint density at radius 1 is 1.47 bits per heavy atom. The van der Waals surface area contributed by atoms with Gasteiger partial charge < -0.3 is 15.4 Å². The Bertz CT molecular complexity index is 679. The first-order valence-corrected chi connectivity index (χ1v) is 6.28. The third-order valence-corrected chi connectivity index (χ3v) is 3.14. The third-order valence-electron chi connectivity index (χ3n) is 2.50. The van der Waals surface area contributed by atoms with Gasteiger partial charge in [-0.15, -0.1) is 0 Å². The summed E-state index contributed by atoms with van der Waals surface area (Å²) in [4.78, 5) is 22.9. The number of carbonyl (C=O) groups is 1. The molecule has 0 atom stereocenters. The fourth-order valence-electron chi connectivity index (χ4n) is 1.59. The van der Waals surface area contributed by atoms with E-state index in [2.05, 4.69) is 0 Å². The second-order valence-corrected chi connectivity index (χ2v) is 5.14. The normalized spacial score (nSPS) is 10.9. The minimum atomic E-state index is -4.69. The van der Waals surface area contributed by atoms with Gasteiger partial charge in [-0.2, -0.15) is 0 Å². The maximum absolute atomic E-state index is 11.7. The summed E-state index contributed by atoms with van der Waals surface area (Å²) in [6.07, 6.45) is 0. The Kier molecular flexibility index (Phi) is 5.78. The Balaban J connectivity index is 0.00000324. The van der Waals surface area contributed by atoms with Crippen molar-refractivity contribution in [3.05, 3.63) is 27.0 Å². The van der Waals surface area contributed by atoms with Crippen molar-refractivity contribution >= 4 is 16.0 Å². The van der Waals surface area contributed by atoms with E-state index >= 15 is 0 Å². The number of rotatable bonds is 3. The molecule has 0 unspecified atom stereocenters. The summed E-state index contributed by atoms with van der Waals surface area (Å²) in [5.41, 5.74) is 3.30. The second kappa shape index (κ2) is 6.06. The largest absolute Gasteiger partial charge is 1.00 e. The summed E-state index contributed by atoms with van der Waals surface area (Å²) in [5.74, 6) is -2.76. The fraction of sp³-hybridized carbons (Fsp3) is 0.333. The topological polar surface area (TPSA) is 143 Å². The molecule has 0 bridgehead atoms. The SMILES string of the molecule is Cc1c(C(N)=O)c(O)n(C)c(=O)c1CS(=O)(=O)[O-].[Na+].